The predicted octanol–water partition coefficient (Wildman–Crippen LogP) is 6.06. The van der Waals surface area contributed by atoms with E-state index in [4.69, 9.17) is 28.9 Å². The second-order valence-corrected chi connectivity index (χ2v) is 8.90. The third-order valence-corrected chi connectivity index (χ3v) is 6.38. The molecule has 0 unspecified atom stereocenters. The number of nitrogen functional groups attached to an aromatic ring is 1. The number of benzene rings is 2. The lowest BCUT2D eigenvalue weighted by Crippen LogP contribution is -2.12. The van der Waals surface area contributed by atoms with Gasteiger partial charge in [0.25, 0.3) is 0 Å². The van der Waals surface area contributed by atoms with Crippen molar-refractivity contribution in [2.45, 2.75) is 24.8 Å². The van der Waals surface area contributed by atoms with Crippen LogP contribution in [0.5, 0.6) is 0 Å². The fourth-order valence-corrected chi connectivity index (χ4v) is 4.42. The van der Waals surface area contributed by atoms with Crippen molar-refractivity contribution in [3.05, 3.63) is 69.2 Å². The molecular weight excluding hydrogens is 477 g/mol. The van der Waals surface area contributed by atoms with Gasteiger partial charge in [-0.3, -0.25) is 4.79 Å². The molecule has 0 fully saturated rings. The van der Waals surface area contributed by atoms with Crippen molar-refractivity contribution < 1.29 is 4.79 Å². The van der Waals surface area contributed by atoms with Crippen molar-refractivity contribution >= 4 is 52.4 Å². The van der Waals surface area contributed by atoms with Crippen LogP contribution in [0.4, 0.5) is 11.5 Å². The maximum absolute atomic E-state index is 12.4. The molecule has 3 aromatic rings. The van der Waals surface area contributed by atoms with Crippen molar-refractivity contribution in [1.29, 1.82) is 10.5 Å². The Labute approximate surface area is 206 Å². The summed E-state index contributed by atoms with van der Waals surface area (Å²) in [6.45, 7) is 2.05. The topological polar surface area (TPSA) is 116 Å². The number of aromatic nitrogens is 1. The van der Waals surface area contributed by atoms with E-state index < -0.39 is 0 Å². The first-order valence-electron chi connectivity index (χ1n) is 9.98. The Bertz CT molecular complexity index is 1280. The molecule has 0 atom stereocenters. The van der Waals surface area contributed by atoms with Crippen LogP contribution in [0.25, 0.3) is 11.1 Å². The zero-order valence-corrected chi connectivity index (χ0v) is 20.0. The highest BCUT2D eigenvalue weighted by Gasteiger charge is 2.20. The summed E-state index contributed by atoms with van der Waals surface area (Å²) in [4.78, 5) is 16.6. The van der Waals surface area contributed by atoms with E-state index in [2.05, 4.69) is 22.4 Å². The molecule has 1 amide bonds. The van der Waals surface area contributed by atoms with Crippen LogP contribution in [0.2, 0.25) is 10.0 Å². The maximum Gasteiger partial charge on any atom is 0.225 e. The number of pyridine rings is 1. The highest BCUT2D eigenvalue weighted by molar-refractivity contribution is 7.99. The third-order valence-electron chi connectivity index (χ3n) is 4.84. The van der Waals surface area contributed by atoms with E-state index in [-0.39, 0.29) is 29.3 Å². The summed E-state index contributed by atoms with van der Waals surface area (Å²) >= 11 is 13.3. The Morgan fingerprint density at radius 2 is 1.82 bits per heavy atom. The number of nitriles is 2. The summed E-state index contributed by atoms with van der Waals surface area (Å²) in [5, 5.41) is 23.4. The van der Waals surface area contributed by atoms with Gasteiger partial charge in [-0.05, 0) is 35.7 Å². The van der Waals surface area contributed by atoms with E-state index in [1.54, 1.807) is 18.2 Å². The second kappa shape index (κ2) is 11.1. The van der Waals surface area contributed by atoms with Gasteiger partial charge in [0, 0.05) is 22.8 Å². The minimum Gasteiger partial charge on any atom is -0.383 e. The molecule has 0 aliphatic carbocycles. The zero-order chi connectivity index (χ0) is 24.0. The molecular formula is C24H19Cl2N5OS. The first kappa shape index (κ1) is 24.4. The molecule has 6 nitrogen and oxygen atoms in total. The fraction of sp³-hybridized carbons (Fsp3) is 0.167. The van der Waals surface area contributed by atoms with Gasteiger partial charge in [-0.1, -0.05) is 54.4 Å². The second-order valence-electron chi connectivity index (χ2n) is 6.97. The molecule has 166 valence electrons. The molecule has 0 saturated carbocycles. The van der Waals surface area contributed by atoms with Crippen molar-refractivity contribution in [3.8, 4) is 23.3 Å². The number of nitrogens with one attached hydrogen (secondary N) is 1. The maximum atomic E-state index is 12.4. The number of anilines is 2. The number of halogens is 2. The highest BCUT2D eigenvalue weighted by atomic mass is 35.5. The Hall–Kier alpha value is -3.23. The molecule has 3 rings (SSSR count). The molecule has 3 N–H and O–H groups in total. The van der Waals surface area contributed by atoms with Gasteiger partial charge in [0.2, 0.25) is 5.91 Å². The first-order valence-corrected chi connectivity index (χ1v) is 11.7. The molecule has 0 aliphatic heterocycles. The Kier molecular flexibility index (Phi) is 8.19. The zero-order valence-electron chi connectivity index (χ0n) is 17.7. The number of rotatable bonds is 7. The number of amides is 1. The summed E-state index contributed by atoms with van der Waals surface area (Å²) < 4.78 is 0. The Morgan fingerprint density at radius 3 is 2.45 bits per heavy atom. The largest absolute Gasteiger partial charge is 0.383 e. The number of carbonyl (C=O) groups is 1. The van der Waals surface area contributed by atoms with Gasteiger partial charge < -0.3 is 11.1 Å². The van der Waals surface area contributed by atoms with Crippen LogP contribution < -0.4 is 11.1 Å². The van der Waals surface area contributed by atoms with E-state index in [0.717, 1.165) is 12.0 Å². The van der Waals surface area contributed by atoms with Crippen LogP contribution in [-0.2, 0) is 11.2 Å². The number of hydrogen-bond donors (Lipinski definition) is 2. The van der Waals surface area contributed by atoms with Gasteiger partial charge in [0.15, 0.2) is 0 Å². The molecule has 33 heavy (non-hydrogen) atoms. The SMILES string of the molecule is CCc1ccc(-c2c(C#N)c(N)nc(SCCC(=O)Nc3cc(Cl)ccc3Cl)c2C#N)cc1. The third kappa shape index (κ3) is 5.77. The van der Waals surface area contributed by atoms with Crippen LogP contribution in [0.3, 0.4) is 0 Å². The summed E-state index contributed by atoms with van der Waals surface area (Å²) in [5.41, 5.74) is 9.20. The van der Waals surface area contributed by atoms with E-state index in [0.29, 0.717) is 37.6 Å². The molecule has 0 saturated heterocycles. The minimum atomic E-state index is -0.262. The highest BCUT2D eigenvalue weighted by Crippen LogP contribution is 2.36. The summed E-state index contributed by atoms with van der Waals surface area (Å²) in [5.74, 6) is 0.122. The molecule has 0 bridgehead atoms. The number of aryl methyl sites for hydroxylation is 1. The predicted molar refractivity (Wildman–Crippen MR) is 133 cm³/mol. The number of thioether (sulfide) groups is 1. The summed E-state index contributed by atoms with van der Waals surface area (Å²) in [6, 6.07) is 16.7. The van der Waals surface area contributed by atoms with E-state index in [1.165, 1.54) is 11.8 Å². The molecule has 0 radical (unpaired) electrons. The lowest BCUT2D eigenvalue weighted by Gasteiger charge is -2.13. The monoisotopic (exact) mass is 495 g/mol. The van der Waals surface area contributed by atoms with E-state index >= 15 is 0 Å². The van der Waals surface area contributed by atoms with Gasteiger partial charge in [0.1, 0.15) is 28.5 Å². The van der Waals surface area contributed by atoms with E-state index in [9.17, 15) is 15.3 Å². The number of nitrogens with zero attached hydrogens (tertiary/aromatic N) is 3. The van der Waals surface area contributed by atoms with Gasteiger partial charge >= 0.3 is 0 Å². The Balaban J connectivity index is 1.82. The van der Waals surface area contributed by atoms with Gasteiger partial charge in [0.05, 0.1) is 16.3 Å². The molecule has 2 aromatic carbocycles. The van der Waals surface area contributed by atoms with Crippen molar-refractivity contribution in [3.63, 3.8) is 0 Å². The number of carbonyl (C=O) groups excluding carboxylic acids is 1. The van der Waals surface area contributed by atoms with Gasteiger partial charge in [-0.25, -0.2) is 4.98 Å². The minimum absolute atomic E-state index is 0.0451. The number of nitrogens with two attached hydrogens (primary N) is 1. The molecule has 1 aromatic heterocycles. The fourth-order valence-electron chi connectivity index (χ4n) is 3.14. The number of hydrogen-bond acceptors (Lipinski definition) is 6. The normalized spacial score (nSPS) is 10.3. The molecule has 9 heteroatoms. The molecule has 0 spiro atoms. The lowest BCUT2D eigenvalue weighted by molar-refractivity contribution is -0.115. The first-order chi connectivity index (χ1) is 15.9. The van der Waals surface area contributed by atoms with Crippen molar-refractivity contribution in [2.24, 2.45) is 0 Å². The van der Waals surface area contributed by atoms with Crippen molar-refractivity contribution in [2.75, 3.05) is 16.8 Å². The average molecular weight is 496 g/mol. The summed E-state index contributed by atoms with van der Waals surface area (Å²) in [7, 11) is 0. The van der Waals surface area contributed by atoms with Gasteiger partial charge in [-0.2, -0.15) is 10.5 Å². The van der Waals surface area contributed by atoms with E-state index in [1.807, 2.05) is 31.2 Å². The summed E-state index contributed by atoms with van der Waals surface area (Å²) in [6.07, 6.45) is 1.01. The van der Waals surface area contributed by atoms with Crippen LogP contribution in [0.1, 0.15) is 30.0 Å². The smallest absolute Gasteiger partial charge is 0.225 e. The Morgan fingerprint density at radius 1 is 1.12 bits per heavy atom. The quantitative estimate of drug-likeness (QED) is 0.384. The molecule has 1 heterocycles. The van der Waals surface area contributed by atoms with Crippen LogP contribution in [0, 0.1) is 22.7 Å². The van der Waals surface area contributed by atoms with Crippen LogP contribution in [0.15, 0.2) is 47.5 Å². The van der Waals surface area contributed by atoms with Crippen LogP contribution >= 0.6 is 35.0 Å². The standard InChI is InChI=1S/C24H19Cl2N5OS/c1-2-14-3-5-15(6-4-14)22-17(12-27)23(29)31-24(18(22)13-28)33-10-9-21(32)30-20-11-16(25)7-8-19(20)26/h3-8,11H,2,9-10H2,1H3,(H2,29,31)(H,30,32). The van der Waals surface area contributed by atoms with Gasteiger partial charge in [-0.15, -0.1) is 11.8 Å². The van der Waals surface area contributed by atoms with Crippen LogP contribution in [-0.4, -0.2) is 16.6 Å². The lowest BCUT2D eigenvalue weighted by atomic mass is 9.96. The molecule has 0 aliphatic rings. The van der Waals surface area contributed by atoms with Crippen molar-refractivity contribution in [1.82, 2.24) is 4.98 Å². The average Bonchev–Trinajstić information content (AvgIpc) is 2.81.